The molecular weight excluding hydrogens is 509 g/mol. The predicted octanol–water partition coefficient (Wildman–Crippen LogP) is 5.81. The minimum atomic E-state index is -4.28. The van der Waals surface area contributed by atoms with Gasteiger partial charge in [0.25, 0.3) is 0 Å². The summed E-state index contributed by atoms with van der Waals surface area (Å²) >= 11 is 5.88. The highest BCUT2D eigenvalue weighted by Gasteiger charge is 2.30. The number of hydrogen-bond donors (Lipinski definition) is 1. The number of rotatable bonds is 7. The molecule has 10 heteroatoms. The smallest absolute Gasteiger partial charge is 0.382 e. The van der Waals surface area contributed by atoms with Crippen LogP contribution in [-0.2, 0) is 4.79 Å². The third-order valence-corrected chi connectivity index (χ3v) is 7.77. The van der Waals surface area contributed by atoms with Crippen LogP contribution in [0.4, 0.5) is 24.5 Å². The van der Waals surface area contributed by atoms with Gasteiger partial charge in [0.05, 0.1) is 0 Å². The third kappa shape index (κ3) is 7.70. The van der Waals surface area contributed by atoms with Crippen molar-refractivity contribution in [2.75, 3.05) is 56.0 Å². The quantitative estimate of drug-likeness (QED) is 0.448. The molecule has 2 saturated heterocycles. The second kappa shape index (κ2) is 12.0. The van der Waals surface area contributed by atoms with Gasteiger partial charge in [0.2, 0.25) is 5.91 Å². The lowest BCUT2D eigenvalue weighted by Crippen LogP contribution is -2.50. The molecule has 2 aliphatic rings. The Morgan fingerprint density at radius 3 is 2.19 bits per heavy atom. The second-order valence-corrected chi connectivity index (χ2v) is 11.1. The lowest BCUT2D eigenvalue weighted by Gasteiger charge is -2.38. The lowest BCUT2D eigenvalue weighted by atomic mass is 10.0. The number of piperidine rings is 1. The number of carbonyl (C=O) groups excluding carboxylic acids is 1. The highest BCUT2D eigenvalue weighted by molar-refractivity contribution is 8.00. The van der Waals surface area contributed by atoms with Crippen molar-refractivity contribution in [3.8, 4) is 0 Å². The van der Waals surface area contributed by atoms with Crippen LogP contribution < -0.4 is 10.2 Å². The molecule has 1 N–H and O–H groups in total. The molecule has 1 atom stereocenters. The highest BCUT2D eigenvalue weighted by atomic mass is 35.5. The van der Waals surface area contributed by atoms with Gasteiger partial charge in [-0.1, -0.05) is 18.5 Å². The maximum atomic E-state index is 13.1. The first kappa shape index (κ1) is 26.9. The SMILES string of the molecule is CC(CN1CCN(c2ccc(Cl)cc2)CC1)C(=O)N1CCC(Nc2ccc(SC(F)(F)F)cc2)CC1. The zero-order valence-electron chi connectivity index (χ0n) is 20.3. The summed E-state index contributed by atoms with van der Waals surface area (Å²) in [6.45, 7) is 7.84. The summed E-state index contributed by atoms with van der Waals surface area (Å²) in [5, 5.41) is 4.14. The average Bonchev–Trinajstić information content (AvgIpc) is 2.85. The topological polar surface area (TPSA) is 38.8 Å². The predicted molar refractivity (Wildman–Crippen MR) is 141 cm³/mol. The number of likely N-dealkylation sites (tertiary alicyclic amines) is 1. The molecule has 0 saturated carbocycles. The Balaban J connectivity index is 1.17. The fourth-order valence-corrected chi connectivity index (χ4v) is 5.52. The second-order valence-electron chi connectivity index (χ2n) is 9.48. The average molecular weight is 541 g/mol. The molecule has 2 aliphatic heterocycles. The van der Waals surface area contributed by atoms with Gasteiger partial charge in [0.1, 0.15) is 0 Å². The molecule has 1 unspecified atom stereocenters. The molecule has 1 amide bonds. The van der Waals surface area contributed by atoms with Crippen molar-refractivity contribution in [3.63, 3.8) is 0 Å². The number of piperazine rings is 1. The molecule has 36 heavy (non-hydrogen) atoms. The van der Waals surface area contributed by atoms with E-state index >= 15 is 0 Å². The van der Waals surface area contributed by atoms with E-state index in [2.05, 4.69) is 15.1 Å². The molecule has 0 aliphatic carbocycles. The van der Waals surface area contributed by atoms with Crippen LogP contribution >= 0.6 is 23.4 Å². The van der Waals surface area contributed by atoms with E-state index in [4.69, 9.17) is 11.6 Å². The molecule has 196 valence electrons. The summed E-state index contributed by atoms with van der Waals surface area (Å²) in [5.41, 5.74) is -2.30. The number of anilines is 2. The summed E-state index contributed by atoms with van der Waals surface area (Å²) in [4.78, 5) is 19.9. The Kier molecular flexibility index (Phi) is 8.96. The van der Waals surface area contributed by atoms with Gasteiger partial charge in [-0.3, -0.25) is 9.69 Å². The lowest BCUT2D eigenvalue weighted by molar-refractivity contribution is -0.136. The van der Waals surface area contributed by atoms with Crippen molar-refractivity contribution in [1.82, 2.24) is 9.80 Å². The highest BCUT2D eigenvalue weighted by Crippen LogP contribution is 2.37. The van der Waals surface area contributed by atoms with Crippen LogP contribution in [0.3, 0.4) is 0 Å². The van der Waals surface area contributed by atoms with Crippen molar-refractivity contribution in [3.05, 3.63) is 53.6 Å². The number of thioether (sulfide) groups is 1. The van der Waals surface area contributed by atoms with Crippen LogP contribution in [-0.4, -0.2) is 73.1 Å². The standard InChI is InChI=1S/C26H32ClF3N4OS/c1-19(18-32-14-16-33(17-15-32)23-6-2-20(27)3-7-23)25(35)34-12-10-22(11-13-34)31-21-4-8-24(9-5-21)36-26(28,29)30/h2-9,19,22,31H,10-18H2,1H3. The minimum absolute atomic E-state index is 0.0599. The fraction of sp³-hybridized carbons (Fsp3) is 0.500. The molecule has 0 aromatic heterocycles. The number of benzene rings is 2. The molecule has 0 radical (unpaired) electrons. The Labute approximate surface area is 219 Å². The third-order valence-electron chi connectivity index (χ3n) is 6.78. The zero-order valence-corrected chi connectivity index (χ0v) is 21.9. The first-order valence-corrected chi connectivity index (χ1v) is 13.5. The molecule has 2 aromatic rings. The largest absolute Gasteiger partial charge is 0.446 e. The van der Waals surface area contributed by atoms with E-state index < -0.39 is 5.51 Å². The summed E-state index contributed by atoms with van der Waals surface area (Å²) in [7, 11) is 0. The molecular formula is C26H32ClF3N4OS. The van der Waals surface area contributed by atoms with E-state index in [1.165, 1.54) is 17.8 Å². The number of carbonyl (C=O) groups is 1. The minimum Gasteiger partial charge on any atom is -0.382 e. The molecule has 2 fully saturated rings. The number of amides is 1. The normalized spacial score (nSPS) is 18.8. The van der Waals surface area contributed by atoms with Gasteiger partial charge in [-0.15, -0.1) is 0 Å². The van der Waals surface area contributed by atoms with Gasteiger partial charge in [0, 0.05) is 79.1 Å². The van der Waals surface area contributed by atoms with E-state index in [9.17, 15) is 18.0 Å². The van der Waals surface area contributed by atoms with Gasteiger partial charge in [0.15, 0.2) is 0 Å². The van der Waals surface area contributed by atoms with Crippen molar-refractivity contribution >= 4 is 40.6 Å². The van der Waals surface area contributed by atoms with Gasteiger partial charge in [-0.2, -0.15) is 13.2 Å². The summed E-state index contributed by atoms with van der Waals surface area (Å²) in [6.07, 6.45) is 1.63. The van der Waals surface area contributed by atoms with Crippen LogP contribution in [0.25, 0.3) is 0 Å². The summed E-state index contributed by atoms with van der Waals surface area (Å²) in [6, 6.07) is 14.4. The fourth-order valence-electron chi connectivity index (χ4n) is 4.85. The summed E-state index contributed by atoms with van der Waals surface area (Å²) in [5.74, 6) is 0.136. The number of nitrogens with one attached hydrogen (secondary N) is 1. The van der Waals surface area contributed by atoms with Gasteiger partial charge in [-0.25, -0.2) is 0 Å². The number of halogens is 4. The van der Waals surface area contributed by atoms with Crippen LogP contribution in [0.1, 0.15) is 19.8 Å². The zero-order chi connectivity index (χ0) is 25.7. The van der Waals surface area contributed by atoms with Crippen LogP contribution in [0.15, 0.2) is 53.4 Å². The number of hydrogen-bond acceptors (Lipinski definition) is 5. The van der Waals surface area contributed by atoms with E-state index in [0.29, 0.717) is 13.1 Å². The van der Waals surface area contributed by atoms with Gasteiger partial charge in [-0.05, 0) is 73.1 Å². The Morgan fingerprint density at radius 2 is 1.61 bits per heavy atom. The van der Waals surface area contributed by atoms with E-state index in [-0.39, 0.29) is 34.5 Å². The summed E-state index contributed by atoms with van der Waals surface area (Å²) < 4.78 is 37.5. The van der Waals surface area contributed by atoms with Gasteiger partial charge >= 0.3 is 5.51 Å². The molecule has 0 spiro atoms. The Morgan fingerprint density at radius 1 is 1.00 bits per heavy atom. The Hall–Kier alpha value is -2.10. The first-order valence-electron chi connectivity index (χ1n) is 12.3. The maximum Gasteiger partial charge on any atom is 0.446 e. The van der Waals surface area contributed by atoms with Crippen LogP contribution in [0.2, 0.25) is 5.02 Å². The molecule has 2 heterocycles. The van der Waals surface area contributed by atoms with Crippen molar-refractivity contribution in [1.29, 1.82) is 0 Å². The van der Waals surface area contributed by atoms with Crippen molar-refractivity contribution in [2.24, 2.45) is 5.92 Å². The number of alkyl halides is 3. The number of nitrogens with zero attached hydrogens (tertiary/aromatic N) is 3. The molecule has 4 rings (SSSR count). The van der Waals surface area contributed by atoms with Crippen LogP contribution in [0, 0.1) is 5.92 Å². The van der Waals surface area contributed by atoms with Crippen molar-refractivity contribution in [2.45, 2.75) is 36.2 Å². The Bertz CT molecular complexity index is 990. The first-order chi connectivity index (χ1) is 17.2. The monoisotopic (exact) mass is 540 g/mol. The van der Waals surface area contributed by atoms with Gasteiger partial charge < -0.3 is 15.1 Å². The molecule has 0 bridgehead atoms. The van der Waals surface area contributed by atoms with Crippen molar-refractivity contribution < 1.29 is 18.0 Å². The maximum absolute atomic E-state index is 13.1. The van der Waals surface area contributed by atoms with E-state index in [1.54, 1.807) is 12.1 Å². The molecule has 5 nitrogen and oxygen atoms in total. The molecule has 2 aromatic carbocycles. The van der Waals surface area contributed by atoms with Crippen LogP contribution in [0.5, 0.6) is 0 Å². The van der Waals surface area contributed by atoms with E-state index in [1.807, 2.05) is 36.1 Å². The van der Waals surface area contributed by atoms with E-state index in [0.717, 1.165) is 56.3 Å².